The van der Waals surface area contributed by atoms with Crippen LogP contribution in [0.15, 0.2) is 36.7 Å². The minimum atomic E-state index is -0.120. The summed E-state index contributed by atoms with van der Waals surface area (Å²) in [4.78, 5) is 12.2. The van der Waals surface area contributed by atoms with E-state index in [0.717, 1.165) is 12.8 Å². The standard InChI is InChI=1S/C17H16Cl2N2O/c18-14-6-3-7-15(17(14)19)20-16(22)11-21-9-8-12-4-1-2-5-13(12)10-21/h3,6-10H,1-2,4-5,11H2/p+1. The van der Waals surface area contributed by atoms with Gasteiger partial charge in [0.15, 0.2) is 12.4 Å². The third-order valence-electron chi connectivity index (χ3n) is 3.90. The van der Waals surface area contributed by atoms with E-state index >= 15 is 0 Å². The summed E-state index contributed by atoms with van der Waals surface area (Å²) in [6, 6.07) is 7.31. The molecule has 0 atom stereocenters. The second-order valence-electron chi connectivity index (χ2n) is 5.52. The molecular weight excluding hydrogens is 319 g/mol. The molecule has 1 aliphatic carbocycles. The highest BCUT2D eigenvalue weighted by molar-refractivity contribution is 6.43. The first-order chi connectivity index (χ1) is 10.6. The molecule has 114 valence electrons. The predicted octanol–water partition coefficient (Wildman–Crippen LogP) is 3.80. The summed E-state index contributed by atoms with van der Waals surface area (Å²) in [5.74, 6) is -0.120. The van der Waals surface area contributed by atoms with Crippen LogP contribution < -0.4 is 9.88 Å². The minimum absolute atomic E-state index is 0.120. The highest BCUT2D eigenvalue weighted by Crippen LogP contribution is 2.29. The number of carbonyl (C=O) groups excluding carboxylic acids is 1. The monoisotopic (exact) mass is 335 g/mol. The van der Waals surface area contributed by atoms with Crippen molar-refractivity contribution in [2.24, 2.45) is 0 Å². The average molecular weight is 336 g/mol. The third kappa shape index (κ3) is 3.42. The van der Waals surface area contributed by atoms with E-state index in [2.05, 4.69) is 17.6 Å². The molecule has 3 nitrogen and oxygen atoms in total. The van der Waals surface area contributed by atoms with Crippen molar-refractivity contribution in [2.75, 3.05) is 5.32 Å². The molecule has 2 aromatic rings. The Bertz CT molecular complexity index is 716. The third-order valence-corrected chi connectivity index (χ3v) is 4.71. The number of halogens is 2. The minimum Gasteiger partial charge on any atom is -0.319 e. The van der Waals surface area contributed by atoms with E-state index in [1.165, 1.54) is 24.0 Å². The first-order valence-electron chi connectivity index (χ1n) is 7.38. The highest BCUT2D eigenvalue weighted by Gasteiger charge is 2.16. The van der Waals surface area contributed by atoms with Crippen LogP contribution in [0.3, 0.4) is 0 Å². The molecule has 1 aliphatic rings. The quantitative estimate of drug-likeness (QED) is 0.850. The summed E-state index contributed by atoms with van der Waals surface area (Å²) in [6.07, 6.45) is 8.75. The lowest BCUT2D eigenvalue weighted by Crippen LogP contribution is -2.40. The normalized spacial score (nSPS) is 13.5. The fourth-order valence-electron chi connectivity index (χ4n) is 2.77. The lowest BCUT2D eigenvalue weighted by atomic mass is 9.93. The van der Waals surface area contributed by atoms with Gasteiger partial charge in [-0.1, -0.05) is 29.3 Å². The molecule has 0 unspecified atom stereocenters. The van der Waals surface area contributed by atoms with Gasteiger partial charge in [0.1, 0.15) is 0 Å². The molecular formula is C17H17Cl2N2O+. The molecule has 0 saturated carbocycles. The number of rotatable bonds is 3. The van der Waals surface area contributed by atoms with Crippen LogP contribution in [0.1, 0.15) is 24.0 Å². The lowest BCUT2D eigenvalue weighted by molar-refractivity contribution is -0.684. The first-order valence-corrected chi connectivity index (χ1v) is 8.14. The van der Waals surface area contributed by atoms with Crippen molar-refractivity contribution in [3.8, 4) is 0 Å². The van der Waals surface area contributed by atoms with Crippen LogP contribution in [0.2, 0.25) is 10.0 Å². The van der Waals surface area contributed by atoms with Gasteiger partial charge in [-0.25, -0.2) is 0 Å². The van der Waals surface area contributed by atoms with Crippen molar-refractivity contribution in [2.45, 2.75) is 32.2 Å². The highest BCUT2D eigenvalue weighted by atomic mass is 35.5. The van der Waals surface area contributed by atoms with E-state index in [9.17, 15) is 4.79 Å². The van der Waals surface area contributed by atoms with Crippen LogP contribution in [0, 0.1) is 0 Å². The molecule has 22 heavy (non-hydrogen) atoms. The number of anilines is 1. The molecule has 3 rings (SSSR count). The number of nitrogens with zero attached hydrogens (tertiary/aromatic N) is 1. The van der Waals surface area contributed by atoms with Gasteiger partial charge in [-0.15, -0.1) is 0 Å². The number of fused-ring (bicyclic) bond motifs is 1. The molecule has 1 aromatic carbocycles. The van der Waals surface area contributed by atoms with E-state index in [0.29, 0.717) is 15.7 Å². The van der Waals surface area contributed by atoms with Crippen molar-refractivity contribution in [3.63, 3.8) is 0 Å². The fourth-order valence-corrected chi connectivity index (χ4v) is 3.12. The molecule has 0 bridgehead atoms. The molecule has 0 spiro atoms. The number of hydrogen-bond acceptors (Lipinski definition) is 1. The Kier molecular flexibility index (Phi) is 4.65. The maximum atomic E-state index is 12.2. The summed E-state index contributed by atoms with van der Waals surface area (Å²) >= 11 is 12.0. The summed E-state index contributed by atoms with van der Waals surface area (Å²) in [5, 5.41) is 3.60. The van der Waals surface area contributed by atoms with Crippen molar-refractivity contribution in [1.82, 2.24) is 0 Å². The number of hydrogen-bond donors (Lipinski definition) is 1. The van der Waals surface area contributed by atoms with E-state index in [-0.39, 0.29) is 12.5 Å². The van der Waals surface area contributed by atoms with Gasteiger partial charge in [0.2, 0.25) is 6.54 Å². The van der Waals surface area contributed by atoms with Gasteiger partial charge in [0.05, 0.1) is 15.7 Å². The van der Waals surface area contributed by atoms with Gasteiger partial charge in [-0.3, -0.25) is 4.79 Å². The number of benzene rings is 1. The number of aryl methyl sites for hydroxylation is 2. The number of pyridine rings is 1. The SMILES string of the molecule is O=C(C[n+]1ccc2c(c1)CCCC2)Nc1cccc(Cl)c1Cl. The van der Waals surface area contributed by atoms with E-state index in [1.807, 2.05) is 10.8 Å². The van der Waals surface area contributed by atoms with Crippen LogP contribution in [0.25, 0.3) is 0 Å². The maximum absolute atomic E-state index is 12.2. The number of amides is 1. The van der Waals surface area contributed by atoms with Crippen molar-refractivity contribution in [1.29, 1.82) is 0 Å². The van der Waals surface area contributed by atoms with E-state index in [4.69, 9.17) is 23.2 Å². The average Bonchev–Trinajstić information content (AvgIpc) is 2.52. The van der Waals surface area contributed by atoms with Crippen molar-refractivity contribution < 1.29 is 9.36 Å². The number of carbonyl (C=O) groups is 1. The first kappa shape index (κ1) is 15.3. The summed E-state index contributed by atoms with van der Waals surface area (Å²) in [6.45, 7) is 0.260. The number of aromatic nitrogens is 1. The van der Waals surface area contributed by atoms with Crippen LogP contribution >= 0.6 is 23.2 Å². The van der Waals surface area contributed by atoms with Crippen LogP contribution in [-0.4, -0.2) is 5.91 Å². The predicted molar refractivity (Wildman–Crippen MR) is 88.4 cm³/mol. The maximum Gasteiger partial charge on any atom is 0.290 e. The van der Waals surface area contributed by atoms with Gasteiger partial charge >= 0.3 is 0 Å². The fraction of sp³-hybridized carbons (Fsp3) is 0.294. The summed E-state index contributed by atoms with van der Waals surface area (Å²) < 4.78 is 1.91. The zero-order valence-corrected chi connectivity index (χ0v) is 13.6. The summed E-state index contributed by atoms with van der Waals surface area (Å²) in [7, 11) is 0. The van der Waals surface area contributed by atoms with Crippen molar-refractivity contribution >= 4 is 34.8 Å². The van der Waals surface area contributed by atoms with Crippen LogP contribution in [0.4, 0.5) is 5.69 Å². The zero-order valence-electron chi connectivity index (χ0n) is 12.1. The van der Waals surface area contributed by atoms with Gasteiger partial charge in [-0.05, 0) is 43.4 Å². The Labute approximate surface area is 139 Å². The largest absolute Gasteiger partial charge is 0.319 e. The second-order valence-corrected chi connectivity index (χ2v) is 6.31. The topological polar surface area (TPSA) is 33.0 Å². The van der Waals surface area contributed by atoms with Gasteiger partial charge < -0.3 is 5.32 Å². The van der Waals surface area contributed by atoms with Gasteiger partial charge in [0.25, 0.3) is 5.91 Å². The van der Waals surface area contributed by atoms with Gasteiger partial charge in [0, 0.05) is 11.6 Å². The molecule has 0 aliphatic heterocycles. The lowest BCUT2D eigenvalue weighted by Gasteiger charge is -2.13. The Balaban J connectivity index is 1.70. The molecule has 1 N–H and O–H groups in total. The van der Waals surface area contributed by atoms with E-state index < -0.39 is 0 Å². The number of nitrogens with one attached hydrogen (secondary N) is 1. The Morgan fingerprint density at radius 2 is 1.91 bits per heavy atom. The molecule has 1 heterocycles. The second kappa shape index (κ2) is 6.67. The molecule has 1 aromatic heterocycles. The molecule has 0 saturated heterocycles. The van der Waals surface area contributed by atoms with Crippen LogP contribution in [0.5, 0.6) is 0 Å². The molecule has 0 fully saturated rings. The van der Waals surface area contributed by atoms with E-state index in [1.54, 1.807) is 18.2 Å². The molecule has 1 amide bonds. The zero-order chi connectivity index (χ0) is 15.5. The molecule has 0 radical (unpaired) electrons. The van der Waals surface area contributed by atoms with Crippen molar-refractivity contribution in [3.05, 3.63) is 57.8 Å². The summed E-state index contributed by atoms with van der Waals surface area (Å²) in [5.41, 5.74) is 3.29. The van der Waals surface area contributed by atoms with Gasteiger partial charge in [-0.2, -0.15) is 4.57 Å². The molecule has 5 heteroatoms. The Hall–Kier alpha value is -1.58. The Morgan fingerprint density at radius 3 is 2.73 bits per heavy atom. The Morgan fingerprint density at radius 1 is 1.14 bits per heavy atom. The smallest absolute Gasteiger partial charge is 0.290 e. The van der Waals surface area contributed by atoms with Crippen LogP contribution in [-0.2, 0) is 24.2 Å².